The van der Waals surface area contributed by atoms with Crippen molar-refractivity contribution in [1.29, 1.82) is 0 Å². The Labute approximate surface area is 146 Å². The molecule has 2 saturated heterocycles. The van der Waals surface area contributed by atoms with Crippen molar-refractivity contribution in [2.24, 2.45) is 11.8 Å². The number of esters is 1. The summed E-state index contributed by atoms with van der Waals surface area (Å²) in [4.78, 5) is 27.1. The lowest BCUT2D eigenvalue weighted by Gasteiger charge is -2.27. The highest BCUT2D eigenvalue weighted by Gasteiger charge is 2.67. The molecule has 0 unspecified atom stereocenters. The van der Waals surface area contributed by atoms with E-state index in [1.165, 1.54) is 7.11 Å². The summed E-state index contributed by atoms with van der Waals surface area (Å²) in [6.07, 6.45) is 3.47. The molecule has 5 atom stereocenters. The first-order valence-corrected chi connectivity index (χ1v) is 8.40. The number of rotatable bonds is 4. The lowest BCUT2D eigenvalue weighted by atomic mass is 9.77. The predicted molar refractivity (Wildman–Crippen MR) is 88.9 cm³/mol. The quantitative estimate of drug-likeness (QED) is 0.615. The van der Waals surface area contributed by atoms with E-state index in [0.717, 1.165) is 11.3 Å². The van der Waals surface area contributed by atoms with E-state index < -0.39 is 17.4 Å². The number of ether oxygens (including phenoxy) is 3. The van der Waals surface area contributed by atoms with Gasteiger partial charge >= 0.3 is 5.97 Å². The number of methoxy groups -OCH3 is 2. The van der Waals surface area contributed by atoms with Crippen molar-refractivity contribution in [3.8, 4) is 5.75 Å². The standard InChI is InChI=1S/C19H21NO5/c1-11(12-4-6-13(23-2)7-5-12)20-10-19-9-8-14(25-19)15(18(22)24-3)16(19)17(20)21/h4-9,11,14-16H,10H2,1-3H3/t11-,14-,15+,16-,19-/m1/s1. The molecule has 3 heterocycles. The second kappa shape index (κ2) is 5.59. The molecule has 0 N–H and O–H groups in total. The summed E-state index contributed by atoms with van der Waals surface area (Å²) in [5.41, 5.74) is 0.306. The van der Waals surface area contributed by atoms with Gasteiger partial charge < -0.3 is 19.1 Å². The van der Waals surface area contributed by atoms with Crippen LogP contribution in [0.4, 0.5) is 0 Å². The zero-order chi connectivity index (χ0) is 17.8. The molecule has 3 aliphatic rings. The summed E-state index contributed by atoms with van der Waals surface area (Å²) < 4.78 is 16.1. The van der Waals surface area contributed by atoms with Crippen LogP contribution in [0.5, 0.6) is 5.75 Å². The van der Waals surface area contributed by atoms with Crippen molar-refractivity contribution in [3.05, 3.63) is 42.0 Å². The van der Waals surface area contributed by atoms with Crippen molar-refractivity contribution in [1.82, 2.24) is 4.90 Å². The fourth-order valence-corrected chi connectivity index (χ4v) is 4.32. The molecule has 4 rings (SSSR count). The normalized spacial score (nSPS) is 33.5. The number of benzene rings is 1. The van der Waals surface area contributed by atoms with Crippen LogP contribution in [0.25, 0.3) is 0 Å². The zero-order valence-corrected chi connectivity index (χ0v) is 14.5. The van der Waals surface area contributed by atoms with Crippen molar-refractivity contribution in [2.75, 3.05) is 20.8 Å². The van der Waals surface area contributed by atoms with Crippen LogP contribution < -0.4 is 4.74 Å². The van der Waals surface area contributed by atoms with E-state index in [4.69, 9.17) is 14.2 Å². The Morgan fingerprint density at radius 3 is 2.68 bits per heavy atom. The van der Waals surface area contributed by atoms with Gasteiger partial charge in [-0.25, -0.2) is 0 Å². The van der Waals surface area contributed by atoms with E-state index in [9.17, 15) is 9.59 Å². The van der Waals surface area contributed by atoms with Gasteiger partial charge in [0.05, 0.1) is 38.8 Å². The van der Waals surface area contributed by atoms with E-state index in [-0.39, 0.29) is 24.0 Å². The van der Waals surface area contributed by atoms with Gasteiger partial charge in [0.1, 0.15) is 17.3 Å². The van der Waals surface area contributed by atoms with Gasteiger partial charge in [-0.2, -0.15) is 0 Å². The van der Waals surface area contributed by atoms with Gasteiger partial charge in [0.15, 0.2) is 0 Å². The maximum atomic E-state index is 13.1. The van der Waals surface area contributed by atoms with Crippen molar-refractivity contribution in [3.63, 3.8) is 0 Å². The average molecular weight is 343 g/mol. The molecule has 132 valence electrons. The first-order chi connectivity index (χ1) is 12.0. The third kappa shape index (κ3) is 2.20. The van der Waals surface area contributed by atoms with Gasteiger partial charge in [0, 0.05) is 0 Å². The molecular weight excluding hydrogens is 322 g/mol. The number of hydrogen-bond donors (Lipinski definition) is 0. The van der Waals surface area contributed by atoms with E-state index >= 15 is 0 Å². The third-order valence-corrected chi connectivity index (χ3v) is 5.67. The van der Waals surface area contributed by atoms with E-state index in [1.54, 1.807) is 12.0 Å². The Morgan fingerprint density at radius 2 is 2.04 bits per heavy atom. The van der Waals surface area contributed by atoms with Crippen LogP contribution in [0.15, 0.2) is 36.4 Å². The Kier molecular flexibility index (Phi) is 3.61. The number of hydrogen-bond acceptors (Lipinski definition) is 5. The maximum Gasteiger partial charge on any atom is 0.312 e. The highest BCUT2D eigenvalue weighted by molar-refractivity contribution is 5.91. The number of amides is 1. The fourth-order valence-electron chi connectivity index (χ4n) is 4.32. The lowest BCUT2D eigenvalue weighted by Crippen LogP contribution is -2.39. The highest BCUT2D eigenvalue weighted by atomic mass is 16.5. The van der Waals surface area contributed by atoms with Crippen LogP contribution in [0.1, 0.15) is 18.5 Å². The second-order valence-electron chi connectivity index (χ2n) is 6.84. The summed E-state index contributed by atoms with van der Waals surface area (Å²) in [6.45, 7) is 2.44. The fraction of sp³-hybridized carbons (Fsp3) is 0.474. The monoisotopic (exact) mass is 343 g/mol. The van der Waals surface area contributed by atoms with Crippen molar-refractivity contribution in [2.45, 2.75) is 24.7 Å². The summed E-state index contributed by atoms with van der Waals surface area (Å²) in [5, 5.41) is 0. The van der Waals surface area contributed by atoms with Gasteiger partial charge in [-0.3, -0.25) is 9.59 Å². The van der Waals surface area contributed by atoms with Crippen molar-refractivity contribution >= 4 is 11.9 Å². The Balaban J connectivity index is 1.62. The summed E-state index contributed by atoms with van der Waals surface area (Å²) >= 11 is 0. The minimum Gasteiger partial charge on any atom is -0.497 e. The van der Waals surface area contributed by atoms with E-state index in [0.29, 0.717) is 6.54 Å². The van der Waals surface area contributed by atoms with Crippen LogP contribution in [0, 0.1) is 11.8 Å². The predicted octanol–water partition coefficient (Wildman–Crippen LogP) is 1.71. The maximum absolute atomic E-state index is 13.1. The number of carbonyl (C=O) groups is 2. The lowest BCUT2D eigenvalue weighted by molar-refractivity contribution is -0.151. The number of likely N-dealkylation sites (tertiary alicyclic amines) is 1. The first-order valence-electron chi connectivity index (χ1n) is 8.40. The van der Waals surface area contributed by atoms with Gasteiger partial charge in [-0.05, 0) is 24.6 Å². The van der Waals surface area contributed by atoms with Gasteiger partial charge in [0.2, 0.25) is 5.91 Å². The Hall–Kier alpha value is -2.34. The minimum absolute atomic E-state index is 0.0504. The van der Waals surface area contributed by atoms with Crippen LogP contribution in [-0.4, -0.2) is 49.2 Å². The molecule has 0 aliphatic carbocycles. The molecule has 2 fully saturated rings. The summed E-state index contributed by atoms with van der Waals surface area (Å²) in [6, 6.07) is 7.55. The molecule has 1 amide bonds. The number of fused-ring (bicyclic) bond motifs is 1. The van der Waals surface area contributed by atoms with Gasteiger partial charge in [-0.1, -0.05) is 24.3 Å². The molecule has 2 bridgehead atoms. The molecule has 3 aliphatic heterocycles. The third-order valence-electron chi connectivity index (χ3n) is 5.67. The van der Waals surface area contributed by atoms with Crippen LogP contribution in [0.3, 0.4) is 0 Å². The number of nitrogens with zero attached hydrogens (tertiary/aromatic N) is 1. The van der Waals surface area contributed by atoms with E-state index in [2.05, 4.69) is 0 Å². The summed E-state index contributed by atoms with van der Waals surface area (Å²) in [7, 11) is 2.97. The molecule has 6 nitrogen and oxygen atoms in total. The first kappa shape index (κ1) is 16.1. The van der Waals surface area contributed by atoms with Gasteiger partial charge in [-0.15, -0.1) is 0 Å². The SMILES string of the molecule is COC(=O)[C@H]1[C@H]2C=C[C@]3(CN([C@H](C)c4ccc(OC)cc4)C(=O)[C@@H]13)O2. The smallest absolute Gasteiger partial charge is 0.312 e. The molecular formula is C19H21NO5. The second-order valence-corrected chi connectivity index (χ2v) is 6.84. The average Bonchev–Trinajstić information content (AvgIpc) is 3.29. The Morgan fingerprint density at radius 1 is 1.32 bits per heavy atom. The Bertz CT molecular complexity index is 743. The van der Waals surface area contributed by atoms with Crippen LogP contribution in [-0.2, 0) is 19.1 Å². The molecule has 1 aromatic rings. The van der Waals surface area contributed by atoms with Crippen molar-refractivity contribution < 1.29 is 23.8 Å². The molecule has 1 aromatic carbocycles. The minimum atomic E-state index is -0.707. The van der Waals surface area contributed by atoms with Crippen LogP contribution >= 0.6 is 0 Å². The topological polar surface area (TPSA) is 65.1 Å². The molecule has 0 aromatic heterocycles. The molecule has 25 heavy (non-hydrogen) atoms. The number of carbonyl (C=O) groups excluding carboxylic acids is 2. The summed E-state index contributed by atoms with van der Waals surface area (Å²) in [5.74, 6) is -0.722. The van der Waals surface area contributed by atoms with Crippen LogP contribution in [0.2, 0.25) is 0 Å². The molecule has 1 spiro atoms. The highest BCUT2D eigenvalue weighted by Crippen LogP contribution is 2.53. The molecule has 0 radical (unpaired) electrons. The largest absolute Gasteiger partial charge is 0.497 e. The zero-order valence-electron chi connectivity index (χ0n) is 14.5. The van der Waals surface area contributed by atoms with Gasteiger partial charge in [0.25, 0.3) is 0 Å². The molecule has 0 saturated carbocycles. The molecule has 6 heteroatoms. The van der Waals surface area contributed by atoms with E-state index in [1.807, 2.05) is 43.3 Å².